The quantitative estimate of drug-likeness (QED) is 0.399. The highest BCUT2D eigenvalue weighted by Gasteiger charge is 2.51. The second-order valence-corrected chi connectivity index (χ2v) is 8.64. The molecule has 0 bridgehead atoms. The molecule has 0 spiro atoms. The fraction of sp³-hybridized carbons (Fsp3) is 0.524. The van der Waals surface area contributed by atoms with Gasteiger partial charge in [-0.05, 0) is 24.3 Å². The third kappa shape index (κ3) is 7.99. The van der Waals surface area contributed by atoms with Crippen molar-refractivity contribution < 1.29 is 42.9 Å². The Bertz CT molecular complexity index is 829. The summed E-state index contributed by atoms with van der Waals surface area (Å²) in [5.41, 5.74) is -0.821. The minimum Gasteiger partial charge on any atom is -0.465 e. The van der Waals surface area contributed by atoms with Gasteiger partial charge in [-0.3, -0.25) is 19.2 Å². The van der Waals surface area contributed by atoms with E-state index in [9.17, 15) is 19.2 Å². The van der Waals surface area contributed by atoms with Gasteiger partial charge in [-0.25, -0.2) is 0 Å². The van der Waals surface area contributed by atoms with E-state index in [0.717, 1.165) is 4.90 Å². The van der Waals surface area contributed by atoms with Crippen molar-refractivity contribution in [2.75, 3.05) is 13.2 Å². The van der Waals surface area contributed by atoms with Gasteiger partial charge in [-0.2, -0.15) is 0 Å². The largest absolute Gasteiger partial charge is 0.465 e. The number of benzene rings is 1. The molecule has 0 N–H and O–H groups in total. The zero-order valence-corrected chi connectivity index (χ0v) is 19.6. The molecule has 32 heavy (non-hydrogen) atoms. The molecule has 176 valence electrons. The number of hydrogen-bond donors (Lipinski definition) is 0. The first-order valence-corrected chi connectivity index (χ1v) is 11.0. The Balaban J connectivity index is 2.41. The predicted molar refractivity (Wildman–Crippen MR) is 114 cm³/mol. The van der Waals surface area contributed by atoms with Gasteiger partial charge in [0.05, 0.1) is 5.92 Å². The van der Waals surface area contributed by atoms with Crippen LogP contribution in [0.15, 0.2) is 29.2 Å². The van der Waals surface area contributed by atoms with E-state index < -0.39 is 53.5 Å². The normalized spacial score (nSPS) is 24.8. The number of thioether (sulfide) groups is 1. The molecule has 0 amide bonds. The van der Waals surface area contributed by atoms with Gasteiger partial charge >= 0.3 is 23.9 Å². The molecule has 1 aliphatic rings. The summed E-state index contributed by atoms with van der Waals surface area (Å²) in [4.78, 5) is 47.3. The molecule has 0 saturated carbocycles. The monoisotopic (exact) mass is 488 g/mol. The summed E-state index contributed by atoms with van der Waals surface area (Å²) in [5, 5.41) is 0.544. The predicted octanol–water partition coefficient (Wildman–Crippen LogP) is 2.76. The van der Waals surface area contributed by atoms with Gasteiger partial charge in [0.25, 0.3) is 0 Å². The van der Waals surface area contributed by atoms with Crippen LogP contribution in [0.2, 0.25) is 5.02 Å². The Morgan fingerprint density at radius 2 is 1.38 bits per heavy atom. The lowest BCUT2D eigenvalue weighted by molar-refractivity contribution is -0.221. The summed E-state index contributed by atoms with van der Waals surface area (Å²) in [6.45, 7) is 4.54. The zero-order valence-electron chi connectivity index (χ0n) is 18.1. The van der Waals surface area contributed by atoms with Crippen molar-refractivity contribution in [1.82, 2.24) is 0 Å². The van der Waals surface area contributed by atoms with Crippen LogP contribution in [0.3, 0.4) is 0 Å². The summed E-state index contributed by atoms with van der Waals surface area (Å²) in [6, 6.07) is 6.90. The lowest BCUT2D eigenvalue weighted by atomic mass is 9.90. The first-order valence-electron chi connectivity index (χ1n) is 9.75. The molecule has 1 saturated heterocycles. The number of esters is 4. The van der Waals surface area contributed by atoms with Crippen LogP contribution in [0.5, 0.6) is 0 Å². The molecule has 11 heteroatoms. The number of ether oxygens (including phenoxy) is 5. The molecule has 1 aromatic carbocycles. The molecule has 5 atom stereocenters. The maximum atomic E-state index is 11.9. The highest BCUT2D eigenvalue weighted by atomic mass is 35.5. The van der Waals surface area contributed by atoms with E-state index in [1.807, 2.05) is 0 Å². The van der Waals surface area contributed by atoms with E-state index in [2.05, 4.69) is 0 Å². The van der Waals surface area contributed by atoms with Crippen molar-refractivity contribution in [2.24, 2.45) is 5.92 Å². The van der Waals surface area contributed by atoms with E-state index in [-0.39, 0.29) is 13.2 Å². The first kappa shape index (κ1) is 26.0. The van der Waals surface area contributed by atoms with Gasteiger partial charge in [-0.15, -0.1) is 0 Å². The third-order valence-electron chi connectivity index (χ3n) is 4.40. The average Bonchev–Trinajstić information content (AvgIpc) is 2.69. The second-order valence-electron chi connectivity index (χ2n) is 7.03. The van der Waals surface area contributed by atoms with Gasteiger partial charge in [0, 0.05) is 37.6 Å². The lowest BCUT2D eigenvalue weighted by Gasteiger charge is -2.44. The molecule has 0 unspecified atom stereocenters. The molecule has 2 rings (SSSR count). The Morgan fingerprint density at radius 1 is 0.844 bits per heavy atom. The molecular formula is C21H25ClO9S. The van der Waals surface area contributed by atoms with Gasteiger partial charge in [-0.1, -0.05) is 23.4 Å². The molecule has 0 aromatic heterocycles. The van der Waals surface area contributed by atoms with Crippen molar-refractivity contribution in [3.05, 3.63) is 29.3 Å². The van der Waals surface area contributed by atoms with E-state index in [4.69, 9.17) is 35.3 Å². The minimum atomic E-state index is -1.02. The fourth-order valence-electron chi connectivity index (χ4n) is 3.14. The molecule has 1 aromatic rings. The molecule has 0 radical (unpaired) electrons. The number of carbonyl (C=O) groups excluding carboxylic acids is 4. The molecule has 1 aliphatic heterocycles. The van der Waals surface area contributed by atoms with Crippen LogP contribution in [-0.2, 0) is 42.9 Å². The Kier molecular flexibility index (Phi) is 9.80. The van der Waals surface area contributed by atoms with Crippen LogP contribution in [0.1, 0.15) is 27.7 Å². The van der Waals surface area contributed by atoms with Gasteiger partial charge in [0.15, 0.2) is 12.2 Å². The zero-order chi connectivity index (χ0) is 23.8. The smallest absolute Gasteiger partial charge is 0.303 e. The fourth-order valence-corrected chi connectivity index (χ4v) is 4.37. The van der Waals surface area contributed by atoms with Crippen molar-refractivity contribution in [3.63, 3.8) is 0 Å². The topological polar surface area (TPSA) is 114 Å². The van der Waals surface area contributed by atoms with Crippen molar-refractivity contribution in [3.8, 4) is 0 Å². The van der Waals surface area contributed by atoms with E-state index in [1.54, 1.807) is 24.3 Å². The van der Waals surface area contributed by atoms with Crippen molar-refractivity contribution in [2.45, 2.75) is 56.3 Å². The average molecular weight is 489 g/mol. The van der Waals surface area contributed by atoms with E-state index in [1.165, 1.54) is 39.5 Å². The maximum Gasteiger partial charge on any atom is 0.303 e. The lowest BCUT2D eigenvalue weighted by Crippen LogP contribution is -2.58. The third-order valence-corrected chi connectivity index (χ3v) is 5.81. The Morgan fingerprint density at radius 3 is 1.91 bits per heavy atom. The maximum absolute atomic E-state index is 11.9. The van der Waals surface area contributed by atoms with Crippen LogP contribution >= 0.6 is 23.4 Å². The molecular weight excluding hydrogens is 464 g/mol. The highest BCUT2D eigenvalue weighted by Crippen LogP contribution is 2.39. The summed E-state index contributed by atoms with van der Waals surface area (Å²) in [5.74, 6) is -3.08. The van der Waals surface area contributed by atoms with Crippen LogP contribution < -0.4 is 0 Å². The first-order chi connectivity index (χ1) is 15.1. The minimum absolute atomic E-state index is 0.177. The van der Waals surface area contributed by atoms with Crippen LogP contribution in [0, 0.1) is 5.92 Å². The summed E-state index contributed by atoms with van der Waals surface area (Å²) in [7, 11) is 0. The van der Waals surface area contributed by atoms with E-state index >= 15 is 0 Å². The number of hydrogen-bond acceptors (Lipinski definition) is 10. The van der Waals surface area contributed by atoms with Gasteiger partial charge in [0.2, 0.25) is 0 Å². The standard InChI is InChI=1S/C21H25ClO9S/c1-11(23)27-9-17-18(10-28-12(2)24)31-21(32-16-7-5-15(22)6-8-16)20(30-14(4)26)19(17)29-13(3)25/h5-8,17-21H,9-10H2,1-4H3/t17-,18+,19+,20+,21-/m1/s1. The number of rotatable bonds is 8. The summed E-state index contributed by atoms with van der Waals surface area (Å²) in [6.07, 6.45) is -2.85. The van der Waals surface area contributed by atoms with Crippen LogP contribution in [0.4, 0.5) is 0 Å². The highest BCUT2D eigenvalue weighted by molar-refractivity contribution is 7.99. The SMILES string of the molecule is CC(=O)OC[C@H]1[C@H](OC(C)=O)[C@H](OC(C)=O)[C@@H](Sc2ccc(Cl)cc2)O[C@H]1COC(C)=O. The molecule has 1 fully saturated rings. The number of carbonyl (C=O) groups is 4. The molecule has 0 aliphatic carbocycles. The van der Waals surface area contributed by atoms with Crippen LogP contribution in [-0.4, -0.2) is 60.8 Å². The Labute approximate surface area is 195 Å². The van der Waals surface area contributed by atoms with E-state index in [0.29, 0.717) is 5.02 Å². The number of halogens is 1. The Hall–Kier alpha value is -2.30. The molecule has 9 nitrogen and oxygen atoms in total. The molecule has 1 heterocycles. The van der Waals surface area contributed by atoms with Gasteiger partial charge in [0.1, 0.15) is 24.8 Å². The second kappa shape index (κ2) is 12.1. The van der Waals surface area contributed by atoms with Crippen LogP contribution in [0.25, 0.3) is 0 Å². The summed E-state index contributed by atoms with van der Waals surface area (Å²) < 4.78 is 27.4. The van der Waals surface area contributed by atoms with Crippen molar-refractivity contribution >= 4 is 47.2 Å². The van der Waals surface area contributed by atoms with Crippen molar-refractivity contribution in [1.29, 1.82) is 0 Å². The summed E-state index contributed by atoms with van der Waals surface area (Å²) >= 11 is 7.17. The van der Waals surface area contributed by atoms with Gasteiger partial charge < -0.3 is 23.7 Å².